The number of nitrogens with two attached hydrogens (primary N) is 1. The highest BCUT2D eigenvalue weighted by atomic mass is 35.5. The number of hydrogen-bond acceptors (Lipinski definition) is 2. The van der Waals surface area contributed by atoms with Crippen molar-refractivity contribution in [3.8, 4) is 0 Å². The second kappa shape index (κ2) is 7.91. The molecule has 3 nitrogen and oxygen atoms in total. The van der Waals surface area contributed by atoms with Crippen LogP contribution in [-0.4, -0.2) is 30.4 Å². The first-order valence-corrected chi connectivity index (χ1v) is 5.73. The molecule has 0 aliphatic heterocycles. The predicted molar refractivity (Wildman–Crippen MR) is 71.8 cm³/mol. The fourth-order valence-corrected chi connectivity index (χ4v) is 1.35. The molecule has 0 aromatic heterocycles. The van der Waals surface area contributed by atoms with Crippen molar-refractivity contribution in [2.45, 2.75) is 53.0 Å². The summed E-state index contributed by atoms with van der Waals surface area (Å²) >= 11 is 0. The van der Waals surface area contributed by atoms with Crippen LogP contribution >= 0.6 is 12.4 Å². The van der Waals surface area contributed by atoms with E-state index in [1.165, 1.54) is 0 Å². The Bertz CT molecular complexity index is 202. The summed E-state index contributed by atoms with van der Waals surface area (Å²) in [7, 11) is 1.83. The molecule has 2 N–H and O–H groups in total. The molecule has 1 unspecified atom stereocenters. The van der Waals surface area contributed by atoms with Crippen LogP contribution in [0.15, 0.2) is 0 Å². The standard InChI is InChI=1S/C12H26N2O.ClH/c1-10(9-13)14(5)11(15)7-6-8-12(2,3)4;/h10H,6-9,13H2,1-5H3;1H. The van der Waals surface area contributed by atoms with E-state index in [0.717, 1.165) is 12.8 Å². The molecule has 0 radical (unpaired) electrons. The van der Waals surface area contributed by atoms with E-state index >= 15 is 0 Å². The molecule has 0 bridgehead atoms. The zero-order valence-corrected chi connectivity index (χ0v) is 12.1. The molecule has 4 heteroatoms. The topological polar surface area (TPSA) is 46.3 Å². The van der Waals surface area contributed by atoms with E-state index in [1.807, 2.05) is 14.0 Å². The normalized spacial score (nSPS) is 12.9. The minimum atomic E-state index is 0. The van der Waals surface area contributed by atoms with Gasteiger partial charge in [0.05, 0.1) is 0 Å². The summed E-state index contributed by atoms with van der Waals surface area (Å²) in [6.45, 7) is 9.10. The molecule has 1 amide bonds. The van der Waals surface area contributed by atoms with Gasteiger partial charge in [0.25, 0.3) is 0 Å². The fraction of sp³-hybridized carbons (Fsp3) is 0.917. The van der Waals surface area contributed by atoms with Gasteiger partial charge in [-0.05, 0) is 25.2 Å². The largest absolute Gasteiger partial charge is 0.342 e. The zero-order chi connectivity index (χ0) is 12.1. The lowest BCUT2D eigenvalue weighted by molar-refractivity contribution is -0.131. The number of likely N-dealkylation sites (N-methyl/N-ethyl adjacent to an activating group) is 1. The van der Waals surface area contributed by atoms with Gasteiger partial charge in [0.15, 0.2) is 0 Å². The second-order valence-corrected chi connectivity index (χ2v) is 5.50. The molecular weight excluding hydrogens is 224 g/mol. The maximum atomic E-state index is 11.7. The summed E-state index contributed by atoms with van der Waals surface area (Å²) in [5.74, 6) is 0.206. The average Bonchev–Trinajstić information content (AvgIpc) is 2.13. The molecule has 0 rings (SSSR count). The van der Waals surface area contributed by atoms with Crippen molar-refractivity contribution in [2.75, 3.05) is 13.6 Å². The number of halogens is 1. The van der Waals surface area contributed by atoms with Gasteiger partial charge in [-0.1, -0.05) is 20.8 Å². The second-order valence-electron chi connectivity index (χ2n) is 5.50. The molecule has 98 valence electrons. The van der Waals surface area contributed by atoms with Crippen molar-refractivity contribution in [1.29, 1.82) is 0 Å². The molecule has 0 fully saturated rings. The third-order valence-corrected chi connectivity index (χ3v) is 2.71. The highest BCUT2D eigenvalue weighted by Crippen LogP contribution is 2.21. The molecule has 0 aromatic rings. The van der Waals surface area contributed by atoms with Crippen LogP contribution in [0.4, 0.5) is 0 Å². The predicted octanol–water partition coefficient (Wildman–Crippen LogP) is 2.43. The van der Waals surface area contributed by atoms with Gasteiger partial charge in [-0.25, -0.2) is 0 Å². The maximum Gasteiger partial charge on any atom is 0.222 e. The molecule has 0 spiro atoms. The molecule has 1 atom stereocenters. The third kappa shape index (κ3) is 7.94. The van der Waals surface area contributed by atoms with Crippen LogP contribution in [0.2, 0.25) is 0 Å². The van der Waals surface area contributed by atoms with Gasteiger partial charge in [-0.2, -0.15) is 0 Å². The molecule has 0 aromatic carbocycles. The van der Waals surface area contributed by atoms with E-state index in [0.29, 0.717) is 18.4 Å². The minimum absolute atomic E-state index is 0. The van der Waals surface area contributed by atoms with Crippen molar-refractivity contribution in [2.24, 2.45) is 11.1 Å². The van der Waals surface area contributed by atoms with Crippen molar-refractivity contribution in [3.63, 3.8) is 0 Å². The first-order valence-electron chi connectivity index (χ1n) is 5.73. The first kappa shape index (κ1) is 18.1. The number of carbonyl (C=O) groups is 1. The van der Waals surface area contributed by atoms with E-state index in [-0.39, 0.29) is 24.4 Å². The van der Waals surface area contributed by atoms with Crippen molar-refractivity contribution >= 4 is 18.3 Å². The number of rotatable bonds is 5. The lowest BCUT2D eigenvalue weighted by Crippen LogP contribution is -2.39. The number of amides is 1. The van der Waals surface area contributed by atoms with Crippen molar-refractivity contribution in [3.05, 3.63) is 0 Å². The van der Waals surface area contributed by atoms with Gasteiger partial charge in [-0.3, -0.25) is 4.79 Å². The Balaban J connectivity index is 0. The van der Waals surface area contributed by atoms with Gasteiger partial charge >= 0.3 is 0 Å². The van der Waals surface area contributed by atoms with Crippen LogP contribution in [0.3, 0.4) is 0 Å². The summed E-state index contributed by atoms with van der Waals surface area (Å²) in [6, 6.07) is 0.145. The van der Waals surface area contributed by atoms with Crippen LogP contribution in [0.5, 0.6) is 0 Å². The molecule has 0 heterocycles. The number of nitrogens with zero attached hydrogens (tertiary/aromatic N) is 1. The SMILES string of the molecule is CC(CN)N(C)C(=O)CCCC(C)(C)C.Cl. The Hall–Kier alpha value is -0.280. The summed E-state index contributed by atoms with van der Waals surface area (Å²) in [6.07, 6.45) is 2.69. The smallest absolute Gasteiger partial charge is 0.222 e. The molecule has 0 saturated heterocycles. The molecule has 16 heavy (non-hydrogen) atoms. The number of carbonyl (C=O) groups excluding carboxylic acids is 1. The van der Waals surface area contributed by atoms with Crippen LogP contribution in [0, 0.1) is 5.41 Å². The minimum Gasteiger partial charge on any atom is -0.342 e. The van der Waals surface area contributed by atoms with Gasteiger partial charge in [0.2, 0.25) is 5.91 Å². The van der Waals surface area contributed by atoms with Gasteiger partial charge in [0, 0.05) is 26.1 Å². The first-order chi connectivity index (χ1) is 6.78. The quantitative estimate of drug-likeness (QED) is 0.815. The third-order valence-electron chi connectivity index (χ3n) is 2.71. The Kier molecular flexibility index (Phi) is 8.94. The summed E-state index contributed by atoms with van der Waals surface area (Å²) in [5, 5.41) is 0. The van der Waals surface area contributed by atoms with Crippen molar-refractivity contribution < 1.29 is 4.79 Å². The zero-order valence-electron chi connectivity index (χ0n) is 11.2. The van der Waals surface area contributed by atoms with E-state index < -0.39 is 0 Å². The van der Waals surface area contributed by atoms with Crippen LogP contribution in [0.25, 0.3) is 0 Å². The lowest BCUT2D eigenvalue weighted by atomic mass is 9.90. The van der Waals surface area contributed by atoms with E-state index in [2.05, 4.69) is 20.8 Å². The molecule has 0 aliphatic carbocycles. The summed E-state index contributed by atoms with van der Waals surface area (Å²) in [5.41, 5.74) is 5.83. The monoisotopic (exact) mass is 250 g/mol. The fourth-order valence-electron chi connectivity index (χ4n) is 1.35. The van der Waals surface area contributed by atoms with Gasteiger partial charge in [-0.15, -0.1) is 12.4 Å². The number of hydrogen-bond donors (Lipinski definition) is 1. The maximum absolute atomic E-state index is 11.7. The van der Waals surface area contributed by atoms with Crippen molar-refractivity contribution in [1.82, 2.24) is 4.90 Å². The van der Waals surface area contributed by atoms with E-state index in [9.17, 15) is 4.79 Å². The molecule has 0 aliphatic rings. The highest BCUT2D eigenvalue weighted by molar-refractivity contribution is 5.85. The highest BCUT2D eigenvalue weighted by Gasteiger charge is 2.15. The summed E-state index contributed by atoms with van der Waals surface area (Å²) in [4.78, 5) is 13.5. The average molecular weight is 251 g/mol. The Labute approximate surface area is 106 Å². The van der Waals surface area contributed by atoms with E-state index in [4.69, 9.17) is 5.73 Å². The van der Waals surface area contributed by atoms with Crippen LogP contribution < -0.4 is 5.73 Å². The van der Waals surface area contributed by atoms with Crippen LogP contribution in [-0.2, 0) is 4.79 Å². The van der Waals surface area contributed by atoms with Crippen LogP contribution in [0.1, 0.15) is 47.0 Å². The van der Waals surface area contributed by atoms with Gasteiger partial charge in [0.1, 0.15) is 0 Å². The molecule has 0 saturated carbocycles. The Morgan fingerprint density at radius 3 is 2.25 bits per heavy atom. The van der Waals surface area contributed by atoms with E-state index in [1.54, 1.807) is 4.90 Å². The summed E-state index contributed by atoms with van der Waals surface area (Å²) < 4.78 is 0. The van der Waals surface area contributed by atoms with Gasteiger partial charge < -0.3 is 10.6 Å². The Morgan fingerprint density at radius 2 is 1.88 bits per heavy atom. The Morgan fingerprint density at radius 1 is 1.38 bits per heavy atom. The molecular formula is C12H27ClN2O. The lowest BCUT2D eigenvalue weighted by Gasteiger charge is -2.24.